The van der Waals surface area contributed by atoms with Gasteiger partial charge in [-0.2, -0.15) is 5.10 Å². The van der Waals surface area contributed by atoms with Crippen molar-refractivity contribution in [2.75, 3.05) is 0 Å². The van der Waals surface area contributed by atoms with Gasteiger partial charge in [0.2, 0.25) is 5.91 Å². The smallest absolute Gasteiger partial charge is 0.224 e. The molecule has 3 aromatic rings. The fourth-order valence-corrected chi connectivity index (χ4v) is 3.49. The van der Waals surface area contributed by atoms with Gasteiger partial charge in [-0.1, -0.05) is 48.5 Å². The first-order valence-electron chi connectivity index (χ1n) is 8.94. The van der Waals surface area contributed by atoms with Gasteiger partial charge in [0.25, 0.3) is 0 Å². The first-order chi connectivity index (χ1) is 12.7. The third-order valence-electron chi connectivity index (χ3n) is 4.98. The van der Waals surface area contributed by atoms with Crippen LogP contribution in [-0.4, -0.2) is 20.7 Å². The van der Waals surface area contributed by atoms with E-state index in [1.54, 1.807) is 11.0 Å². The van der Waals surface area contributed by atoms with Gasteiger partial charge in [-0.25, -0.2) is 9.67 Å². The highest BCUT2D eigenvalue weighted by molar-refractivity contribution is 5.83. The van der Waals surface area contributed by atoms with Crippen molar-refractivity contribution in [2.24, 2.45) is 5.92 Å². The van der Waals surface area contributed by atoms with Crippen molar-refractivity contribution in [1.82, 2.24) is 20.1 Å². The second kappa shape index (κ2) is 7.12. The predicted molar refractivity (Wildman–Crippen MR) is 99.4 cm³/mol. The summed E-state index contributed by atoms with van der Waals surface area (Å²) in [6, 6.07) is 16.6. The molecule has 2 aromatic carbocycles. The molecule has 1 aromatic heterocycles. The van der Waals surface area contributed by atoms with Crippen molar-refractivity contribution >= 4 is 5.91 Å². The van der Waals surface area contributed by atoms with Crippen LogP contribution in [-0.2, 0) is 17.9 Å². The second-order valence-corrected chi connectivity index (χ2v) is 6.94. The summed E-state index contributed by atoms with van der Waals surface area (Å²) in [5.41, 5.74) is 4.83. The summed E-state index contributed by atoms with van der Waals surface area (Å²) in [5, 5.41) is 7.22. The maximum atomic E-state index is 12.5. The summed E-state index contributed by atoms with van der Waals surface area (Å²) in [4.78, 5) is 16.4. The fraction of sp³-hybridized carbons (Fsp3) is 0.286. The molecule has 1 amide bonds. The summed E-state index contributed by atoms with van der Waals surface area (Å²) in [5.74, 6) is 0.629. The molecule has 26 heavy (non-hydrogen) atoms. The predicted octanol–water partition coefficient (Wildman–Crippen LogP) is 3.05. The molecule has 0 unspecified atom stereocenters. The first kappa shape index (κ1) is 16.5. The number of hydrogen-bond acceptors (Lipinski definition) is 3. The highest BCUT2D eigenvalue weighted by Gasteiger charge is 2.44. The van der Waals surface area contributed by atoms with E-state index in [1.165, 1.54) is 17.5 Å². The minimum Gasteiger partial charge on any atom is -0.352 e. The van der Waals surface area contributed by atoms with Gasteiger partial charge in [0, 0.05) is 12.5 Å². The van der Waals surface area contributed by atoms with Gasteiger partial charge in [-0.05, 0) is 41.5 Å². The minimum absolute atomic E-state index is 0.106. The number of rotatable bonds is 6. The van der Waals surface area contributed by atoms with Crippen LogP contribution < -0.4 is 5.32 Å². The van der Waals surface area contributed by atoms with Crippen LogP contribution in [0.15, 0.2) is 61.2 Å². The highest BCUT2D eigenvalue weighted by atomic mass is 16.2. The van der Waals surface area contributed by atoms with Crippen LogP contribution in [0.25, 0.3) is 0 Å². The first-order valence-corrected chi connectivity index (χ1v) is 8.94. The molecule has 1 saturated carbocycles. The Morgan fingerprint density at radius 1 is 1.19 bits per heavy atom. The van der Waals surface area contributed by atoms with Gasteiger partial charge < -0.3 is 5.32 Å². The summed E-state index contributed by atoms with van der Waals surface area (Å²) in [6.45, 7) is 3.35. The Morgan fingerprint density at radius 3 is 2.85 bits per heavy atom. The summed E-state index contributed by atoms with van der Waals surface area (Å²) in [6.07, 6.45) is 4.18. The van der Waals surface area contributed by atoms with Crippen molar-refractivity contribution < 1.29 is 4.79 Å². The molecule has 0 bridgehead atoms. The molecule has 1 aliphatic carbocycles. The average molecular weight is 346 g/mol. The SMILES string of the molecule is Cc1ccccc1[C@@H]1C[C@H]1C(=O)NCc1cccc(Cn2cncn2)c1. The molecule has 0 saturated heterocycles. The monoisotopic (exact) mass is 346 g/mol. The van der Waals surface area contributed by atoms with Crippen molar-refractivity contribution in [2.45, 2.75) is 32.4 Å². The van der Waals surface area contributed by atoms with Gasteiger partial charge in [0.05, 0.1) is 6.54 Å². The minimum atomic E-state index is 0.106. The molecule has 0 aliphatic heterocycles. The van der Waals surface area contributed by atoms with Crippen molar-refractivity contribution in [3.05, 3.63) is 83.4 Å². The average Bonchev–Trinajstić information content (AvgIpc) is 3.28. The fourth-order valence-electron chi connectivity index (χ4n) is 3.49. The number of nitrogens with zero attached hydrogens (tertiary/aromatic N) is 3. The molecular weight excluding hydrogens is 324 g/mol. The van der Waals surface area contributed by atoms with E-state index in [9.17, 15) is 4.79 Å². The molecule has 5 nitrogen and oxygen atoms in total. The van der Waals surface area contributed by atoms with Gasteiger partial charge in [-0.15, -0.1) is 0 Å². The van der Waals surface area contributed by atoms with E-state index in [2.05, 4.69) is 52.7 Å². The lowest BCUT2D eigenvalue weighted by Gasteiger charge is -2.08. The quantitative estimate of drug-likeness (QED) is 0.746. The maximum absolute atomic E-state index is 12.5. The topological polar surface area (TPSA) is 59.8 Å². The Morgan fingerprint density at radius 2 is 2.04 bits per heavy atom. The lowest BCUT2D eigenvalue weighted by atomic mass is 10.0. The van der Waals surface area contributed by atoms with E-state index >= 15 is 0 Å². The third kappa shape index (κ3) is 3.67. The van der Waals surface area contributed by atoms with Crippen molar-refractivity contribution in [3.63, 3.8) is 0 Å². The molecule has 4 rings (SSSR count). The molecule has 0 radical (unpaired) electrons. The molecule has 1 heterocycles. The van der Waals surface area contributed by atoms with E-state index in [4.69, 9.17) is 0 Å². The molecule has 132 valence electrons. The van der Waals surface area contributed by atoms with Gasteiger partial charge in [0.15, 0.2) is 0 Å². The highest BCUT2D eigenvalue weighted by Crippen LogP contribution is 2.48. The van der Waals surface area contributed by atoms with Crippen LogP contribution >= 0.6 is 0 Å². The Hall–Kier alpha value is -2.95. The number of carbonyl (C=O) groups excluding carboxylic acids is 1. The van der Waals surface area contributed by atoms with Gasteiger partial charge in [-0.3, -0.25) is 4.79 Å². The second-order valence-electron chi connectivity index (χ2n) is 6.94. The normalized spacial score (nSPS) is 18.5. The molecule has 2 atom stereocenters. The van der Waals surface area contributed by atoms with Gasteiger partial charge >= 0.3 is 0 Å². The molecule has 5 heteroatoms. The third-order valence-corrected chi connectivity index (χ3v) is 4.98. The van der Waals surface area contributed by atoms with E-state index in [0.717, 1.165) is 17.5 Å². The van der Waals surface area contributed by atoms with Crippen LogP contribution in [0, 0.1) is 12.8 Å². The van der Waals surface area contributed by atoms with Crippen molar-refractivity contribution in [1.29, 1.82) is 0 Å². The standard InChI is InChI=1S/C21H22N4O/c1-15-5-2-3-8-18(15)19-10-20(19)21(26)23-11-16-6-4-7-17(9-16)12-25-14-22-13-24-25/h2-9,13-14,19-20H,10-12H2,1H3,(H,23,26)/t19-,20+/m0/s1. The lowest BCUT2D eigenvalue weighted by Crippen LogP contribution is -2.25. The summed E-state index contributed by atoms with van der Waals surface area (Å²) in [7, 11) is 0. The van der Waals surface area contributed by atoms with Crippen LogP contribution in [0.4, 0.5) is 0 Å². The number of nitrogens with one attached hydrogen (secondary N) is 1. The number of benzene rings is 2. The van der Waals surface area contributed by atoms with E-state index in [0.29, 0.717) is 19.0 Å². The number of amides is 1. The number of hydrogen-bond donors (Lipinski definition) is 1. The molecule has 0 spiro atoms. The van der Waals surface area contributed by atoms with Gasteiger partial charge in [0.1, 0.15) is 12.7 Å². The zero-order valence-corrected chi connectivity index (χ0v) is 14.8. The number of carbonyl (C=O) groups is 1. The lowest BCUT2D eigenvalue weighted by molar-refractivity contribution is -0.122. The Kier molecular flexibility index (Phi) is 4.52. The van der Waals surface area contributed by atoms with Crippen LogP contribution in [0.5, 0.6) is 0 Å². The Balaban J connectivity index is 1.33. The van der Waals surface area contributed by atoms with Crippen LogP contribution in [0.2, 0.25) is 0 Å². The molecule has 1 N–H and O–H groups in total. The van der Waals surface area contributed by atoms with Crippen LogP contribution in [0.1, 0.15) is 34.6 Å². The molecular formula is C21H22N4O. The van der Waals surface area contributed by atoms with Crippen LogP contribution in [0.3, 0.4) is 0 Å². The van der Waals surface area contributed by atoms with Crippen molar-refractivity contribution in [3.8, 4) is 0 Å². The zero-order valence-electron chi connectivity index (χ0n) is 14.8. The van der Waals surface area contributed by atoms with E-state index in [-0.39, 0.29) is 11.8 Å². The summed E-state index contributed by atoms with van der Waals surface area (Å²) >= 11 is 0. The van der Waals surface area contributed by atoms with E-state index in [1.807, 2.05) is 18.2 Å². The molecule has 1 aliphatic rings. The largest absolute Gasteiger partial charge is 0.352 e. The zero-order chi connectivity index (χ0) is 17.9. The summed E-state index contributed by atoms with van der Waals surface area (Å²) < 4.78 is 1.79. The Labute approximate surface area is 153 Å². The number of aromatic nitrogens is 3. The maximum Gasteiger partial charge on any atom is 0.224 e. The number of aryl methyl sites for hydroxylation is 1. The molecule has 1 fully saturated rings. The van der Waals surface area contributed by atoms with E-state index < -0.39 is 0 Å². The Bertz CT molecular complexity index is 904.